The summed E-state index contributed by atoms with van der Waals surface area (Å²) in [5.74, 6) is 0. The molecule has 77 valence electrons. The second kappa shape index (κ2) is 5.29. The largest absolute Gasteiger partial charge is 0.391 e. The average molecular weight is 209 g/mol. The van der Waals surface area contributed by atoms with E-state index in [9.17, 15) is 0 Å². The summed E-state index contributed by atoms with van der Waals surface area (Å²) in [5, 5.41) is 1.17. The summed E-state index contributed by atoms with van der Waals surface area (Å²) in [4.78, 5) is 0. The highest BCUT2D eigenvalue weighted by Crippen LogP contribution is 2.07. The molecule has 0 aliphatic rings. The fourth-order valence-corrected chi connectivity index (χ4v) is 3.74. The molecule has 1 radical (unpaired) electrons. The van der Waals surface area contributed by atoms with Gasteiger partial charge in [0, 0.05) is 13.2 Å². The van der Waals surface area contributed by atoms with Crippen molar-refractivity contribution in [3.8, 4) is 0 Å². The molecule has 0 atom stereocenters. The Labute approximate surface area is 87.1 Å². The second-order valence-electron chi connectivity index (χ2n) is 3.10. The Bertz CT molecular complexity index is 255. The lowest BCUT2D eigenvalue weighted by atomic mass is 10.4. The van der Waals surface area contributed by atoms with Gasteiger partial charge in [0.2, 0.25) is 0 Å². The van der Waals surface area contributed by atoms with Crippen molar-refractivity contribution in [1.29, 1.82) is 0 Å². The van der Waals surface area contributed by atoms with Gasteiger partial charge in [0.15, 0.2) is 0 Å². The minimum Gasteiger partial charge on any atom is -0.391 e. The fourth-order valence-electron chi connectivity index (χ4n) is 1.45. The van der Waals surface area contributed by atoms with Gasteiger partial charge in [-0.2, -0.15) is 0 Å². The van der Waals surface area contributed by atoms with Gasteiger partial charge in [-0.25, -0.2) is 0 Å². The maximum Gasteiger partial charge on any atom is 0.369 e. The normalized spacial score (nSPS) is 11.6. The Morgan fingerprint density at radius 1 is 1.14 bits per heavy atom. The van der Waals surface area contributed by atoms with Crippen LogP contribution in [0.3, 0.4) is 0 Å². The summed E-state index contributed by atoms with van der Waals surface area (Å²) in [5.41, 5.74) is 0. The predicted molar refractivity (Wildman–Crippen MR) is 59.8 cm³/mol. The van der Waals surface area contributed by atoms with E-state index in [4.69, 9.17) is 8.85 Å². The van der Waals surface area contributed by atoms with Crippen LogP contribution in [0, 0.1) is 6.07 Å². The van der Waals surface area contributed by atoms with Crippen LogP contribution in [-0.2, 0) is 8.85 Å². The van der Waals surface area contributed by atoms with Crippen molar-refractivity contribution in [2.24, 2.45) is 0 Å². The van der Waals surface area contributed by atoms with Crippen molar-refractivity contribution in [2.45, 2.75) is 20.4 Å². The summed E-state index contributed by atoms with van der Waals surface area (Å²) in [6.45, 7) is 7.47. The van der Waals surface area contributed by atoms with Crippen LogP contribution < -0.4 is 5.19 Å². The lowest BCUT2D eigenvalue weighted by Crippen LogP contribution is -2.51. The van der Waals surface area contributed by atoms with Crippen LogP contribution in [-0.4, -0.2) is 21.8 Å². The maximum atomic E-state index is 5.76. The topological polar surface area (TPSA) is 18.5 Å². The van der Waals surface area contributed by atoms with Gasteiger partial charge in [0.25, 0.3) is 0 Å². The van der Waals surface area contributed by atoms with Gasteiger partial charge in [0.05, 0.1) is 0 Å². The van der Waals surface area contributed by atoms with Crippen molar-refractivity contribution >= 4 is 13.7 Å². The summed E-state index contributed by atoms with van der Waals surface area (Å²) in [6.07, 6.45) is 0. The molecule has 0 bridgehead atoms. The third-order valence-corrected chi connectivity index (χ3v) is 5.14. The number of hydrogen-bond acceptors (Lipinski definition) is 2. The Hall–Kier alpha value is -0.643. The van der Waals surface area contributed by atoms with E-state index in [1.54, 1.807) is 0 Å². The summed E-state index contributed by atoms with van der Waals surface area (Å²) >= 11 is 0. The van der Waals surface area contributed by atoms with Crippen LogP contribution in [0.25, 0.3) is 0 Å². The van der Waals surface area contributed by atoms with Gasteiger partial charge < -0.3 is 8.85 Å². The average Bonchev–Trinajstić information content (AvgIpc) is 2.20. The molecule has 0 heterocycles. The summed E-state index contributed by atoms with van der Waals surface area (Å²) < 4.78 is 11.5. The molecule has 0 amide bonds. The molecular weight excluding hydrogens is 192 g/mol. The molecule has 0 saturated carbocycles. The first-order chi connectivity index (χ1) is 6.73. The molecule has 0 fully saturated rings. The van der Waals surface area contributed by atoms with Crippen LogP contribution in [0.5, 0.6) is 0 Å². The zero-order valence-electron chi connectivity index (χ0n) is 9.04. The van der Waals surface area contributed by atoms with Crippen molar-refractivity contribution in [2.75, 3.05) is 13.2 Å². The first-order valence-electron chi connectivity index (χ1n) is 4.97. The van der Waals surface area contributed by atoms with E-state index in [0.29, 0.717) is 13.2 Å². The molecule has 0 aliphatic heterocycles. The summed E-state index contributed by atoms with van der Waals surface area (Å²) in [7, 11) is -2.15. The smallest absolute Gasteiger partial charge is 0.369 e. The summed E-state index contributed by atoms with van der Waals surface area (Å²) in [6, 6.07) is 10.9. The van der Waals surface area contributed by atoms with E-state index in [0.717, 1.165) is 0 Å². The van der Waals surface area contributed by atoms with Crippen molar-refractivity contribution < 1.29 is 8.85 Å². The lowest BCUT2D eigenvalue weighted by molar-refractivity contribution is 0.202. The highest BCUT2D eigenvalue weighted by Gasteiger charge is 2.32. The minimum absolute atomic E-state index is 0.696. The van der Waals surface area contributed by atoms with Crippen molar-refractivity contribution in [1.82, 2.24) is 0 Å². The van der Waals surface area contributed by atoms with Gasteiger partial charge >= 0.3 is 8.56 Å². The fraction of sp³-hybridized carbons (Fsp3) is 0.455. The van der Waals surface area contributed by atoms with Crippen LogP contribution >= 0.6 is 0 Å². The second-order valence-corrected chi connectivity index (χ2v) is 6.15. The van der Waals surface area contributed by atoms with Crippen LogP contribution in [0.15, 0.2) is 24.3 Å². The first-order valence-corrected chi connectivity index (χ1v) is 7.29. The Kier molecular flexibility index (Phi) is 4.32. The maximum absolute atomic E-state index is 5.76. The lowest BCUT2D eigenvalue weighted by Gasteiger charge is -2.26. The quantitative estimate of drug-likeness (QED) is 0.689. The van der Waals surface area contributed by atoms with E-state index in [-0.39, 0.29) is 0 Å². The van der Waals surface area contributed by atoms with Gasteiger partial charge in [-0.1, -0.05) is 24.3 Å². The van der Waals surface area contributed by atoms with Crippen LogP contribution in [0.4, 0.5) is 0 Å². The molecule has 1 aromatic carbocycles. The molecule has 0 saturated heterocycles. The van der Waals surface area contributed by atoms with E-state index >= 15 is 0 Å². The zero-order chi connectivity index (χ0) is 10.4. The Balaban J connectivity index is 2.87. The van der Waals surface area contributed by atoms with E-state index < -0.39 is 8.56 Å². The monoisotopic (exact) mass is 209 g/mol. The highest BCUT2D eigenvalue weighted by atomic mass is 28.4. The first kappa shape index (κ1) is 11.4. The Morgan fingerprint density at radius 3 is 2.07 bits per heavy atom. The van der Waals surface area contributed by atoms with Crippen LogP contribution in [0.1, 0.15) is 13.8 Å². The molecule has 1 aromatic rings. The van der Waals surface area contributed by atoms with Crippen molar-refractivity contribution in [3.05, 3.63) is 30.3 Å². The number of rotatable bonds is 5. The SMILES string of the molecule is CCO[Si](C)(OCC)c1cc[c]cc1. The molecule has 0 unspecified atom stereocenters. The predicted octanol–water partition coefficient (Wildman–Crippen LogP) is 1.84. The Morgan fingerprint density at radius 2 is 1.64 bits per heavy atom. The van der Waals surface area contributed by atoms with Gasteiger partial charge in [-0.3, -0.25) is 0 Å². The standard InChI is InChI=1S/C11H17O2Si/c1-4-12-14(3,13-5-2)11-9-7-6-8-10-11/h7-10H,4-5H2,1-3H3. The number of hydrogen-bond donors (Lipinski definition) is 0. The van der Waals surface area contributed by atoms with E-state index in [1.807, 2.05) is 38.1 Å². The zero-order valence-corrected chi connectivity index (χ0v) is 10.0. The van der Waals surface area contributed by atoms with E-state index in [2.05, 4.69) is 12.6 Å². The van der Waals surface area contributed by atoms with Crippen LogP contribution in [0.2, 0.25) is 6.55 Å². The molecule has 3 heteroatoms. The number of benzene rings is 1. The molecule has 2 nitrogen and oxygen atoms in total. The van der Waals surface area contributed by atoms with E-state index in [1.165, 1.54) is 5.19 Å². The molecular formula is C11H17O2Si. The van der Waals surface area contributed by atoms with Gasteiger partial charge in [0.1, 0.15) is 0 Å². The third-order valence-electron chi connectivity index (χ3n) is 2.08. The third kappa shape index (κ3) is 2.67. The van der Waals surface area contributed by atoms with Gasteiger partial charge in [-0.15, -0.1) is 0 Å². The van der Waals surface area contributed by atoms with Gasteiger partial charge in [-0.05, 0) is 31.6 Å². The molecule has 1 rings (SSSR count). The molecule has 0 spiro atoms. The molecule has 0 N–H and O–H groups in total. The molecule has 0 aliphatic carbocycles. The minimum atomic E-state index is -2.15. The molecule has 0 aromatic heterocycles. The highest BCUT2D eigenvalue weighted by molar-refractivity contribution is 6.79. The molecule has 14 heavy (non-hydrogen) atoms. The van der Waals surface area contributed by atoms with Crippen molar-refractivity contribution in [3.63, 3.8) is 0 Å².